The van der Waals surface area contributed by atoms with Crippen molar-refractivity contribution in [1.29, 1.82) is 0 Å². The summed E-state index contributed by atoms with van der Waals surface area (Å²) in [6, 6.07) is 20.8. The summed E-state index contributed by atoms with van der Waals surface area (Å²) in [6.45, 7) is 6.14. The molecule has 0 amide bonds. The lowest BCUT2D eigenvalue weighted by Gasteiger charge is -2.26. The second-order valence-electron chi connectivity index (χ2n) is 11.3. The molecule has 0 saturated heterocycles. The molecule has 0 saturated carbocycles. The van der Waals surface area contributed by atoms with E-state index in [9.17, 15) is 19.8 Å². The Morgan fingerprint density at radius 2 is 1.51 bits per heavy atom. The number of rotatable bonds is 13. The van der Waals surface area contributed by atoms with Gasteiger partial charge < -0.3 is 24.8 Å². The number of aliphatic carboxylic acids is 2. The van der Waals surface area contributed by atoms with Crippen molar-refractivity contribution in [3.63, 3.8) is 0 Å². The zero-order valence-electron chi connectivity index (χ0n) is 25.6. The van der Waals surface area contributed by atoms with Crippen LogP contribution in [0.4, 0.5) is 0 Å². The van der Waals surface area contributed by atoms with Crippen molar-refractivity contribution < 1.29 is 34.4 Å². The summed E-state index contributed by atoms with van der Waals surface area (Å²) in [5.41, 5.74) is 5.80. The highest BCUT2D eigenvalue weighted by atomic mass is 79.9. The van der Waals surface area contributed by atoms with E-state index in [1.807, 2.05) is 49.4 Å². The molecule has 0 spiro atoms. The van der Waals surface area contributed by atoms with Crippen LogP contribution in [-0.4, -0.2) is 34.4 Å². The predicted molar refractivity (Wildman–Crippen MR) is 181 cm³/mol. The first-order chi connectivity index (χ1) is 21.4. The van der Waals surface area contributed by atoms with Crippen LogP contribution in [0, 0.1) is 6.92 Å². The molecular weight excluding hydrogens is 704 g/mol. The van der Waals surface area contributed by atoms with Gasteiger partial charge in [0.25, 0.3) is 0 Å². The molecule has 1 unspecified atom stereocenters. The molecule has 4 aromatic rings. The highest BCUT2D eigenvalue weighted by Crippen LogP contribution is 2.48. The van der Waals surface area contributed by atoms with Crippen LogP contribution in [0.3, 0.4) is 0 Å². The summed E-state index contributed by atoms with van der Waals surface area (Å²) in [7, 11) is 1.63. The highest BCUT2D eigenvalue weighted by Gasteiger charge is 2.28. The molecule has 9 heteroatoms. The van der Waals surface area contributed by atoms with Gasteiger partial charge in [-0.1, -0.05) is 55.8 Å². The van der Waals surface area contributed by atoms with Crippen molar-refractivity contribution in [2.24, 2.45) is 0 Å². The number of carboxylic acids is 2. The quantitative estimate of drug-likeness (QED) is 0.117. The van der Waals surface area contributed by atoms with Gasteiger partial charge in [0.15, 0.2) is 5.75 Å². The zero-order chi connectivity index (χ0) is 32.8. The fourth-order valence-corrected chi connectivity index (χ4v) is 6.88. The van der Waals surface area contributed by atoms with Gasteiger partial charge in [-0.25, -0.2) is 0 Å². The summed E-state index contributed by atoms with van der Waals surface area (Å²) >= 11 is 7.17. The lowest BCUT2D eigenvalue weighted by atomic mass is 9.81. The van der Waals surface area contributed by atoms with Crippen LogP contribution in [0.2, 0.25) is 0 Å². The van der Waals surface area contributed by atoms with E-state index in [0.717, 1.165) is 27.8 Å². The van der Waals surface area contributed by atoms with Crippen molar-refractivity contribution in [2.45, 2.75) is 58.3 Å². The van der Waals surface area contributed by atoms with Crippen LogP contribution in [0.15, 0.2) is 75.7 Å². The number of aromatic hydroxyl groups is 1. The number of hydrogen-bond acceptors (Lipinski definition) is 5. The molecule has 236 valence electrons. The number of benzene rings is 4. The molecule has 1 atom stereocenters. The van der Waals surface area contributed by atoms with E-state index in [-0.39, 0.29) is 24.5 Å². The number of phenolic OH excluding ortho intramolecular Hbond substituents is 1. The van der Waals surface area contributed by atoms with Crippen molar-refractivity contribution >= 4 is 43.8 Å². The molecular formula is C36H36Br2O7. The van der Waals surface area contributed by atoms with Gasteiger partial charge in [-0.05, 0) is 105 Å². The van der Waals surface area contributed by atoms with E-state index in [1.54, 1.807) is 25.3 Å². The average Bonchev–Trinajstić information content (AvgIpc) is 2.96. The zero-order valence-corrected chi connectivity index (χ0v) is 28.7. The van der Waals surface area contributed by atoms with Gasteiger partial charge in [-0.15, -0.1) is 0 Å². The number of methoxy groups -OCH3 is 1. The summed E-state index contributed by atoms with van der Waals surface area (Å²) in [5.74, 6) is -0.387. The molecule has 0 aromatic heterocycles. The number of hydrogen-bond donors (Lipinski definition) is 3. The minimum Gasteiger partial charge on any atom is -0.508 e. The van der Waals surface area contributed by atoms with Crippen LogP contribution in [-0.2, 0) is 22.4 Å². The number of carboxylic acid groups (broad SMARTS) is 2. The van der Waals surface area contributed by atoms with Gasteiger partial charge in [0.2, 0.25) is 0 Å². The van der Waals surface area contributed by atoms with E-state index in [0.29, 0.717) is 50.2 Å². The van der Waals surface area contributed by atoms with Crippen LogP contribution >= 0.6 is 31.9 Å². The summed E-state index contributed by atoms with van der Waals surface area (Å²) in [6.07, 6.45) is 0.931. The Morgan fingerprint density at radius 1 is 0.822 bits per heavy atom. The minimum absolute atomic E-state index is 0.0539. The third-order valence-electron chi connectivity index (χ3n) is 7.56. The SMILES string of the molecule is COc1cc(C(c2cccc(C)c2)c2cc(CCCC(=O)O)ccc2O)c(Oc2c(Br)cc(CC(=O)O)cc2Br)cc1C(C)C. The van der Waals surface area contributed by atoms with E-state index in [2.05, 4.69) is 51.8 Å². The minimum atomic E-state index is -0.938. The smallest absolute Gasteiger partial charge is 0.307 e. The maximum atomic E-state index is 11.4. The monoisotopic (exact) mass is 738 g/mol. The Hall–Kier alpha value is -3.82. The van der Waals surface area contributed by atoms with Crippen LogP contribution in [0.5, 0.6) is 23.0 Å². The highest BCUT2D eigenvalue weighted by molar-refractivity contribution is 9.11. The normalized spacial score (nSPS) is 11.8. The van der Waals surface area contributed by atoms with Crippen LogP contribution in [0.1, 0.15) is 77.5 Å². The predicted octanol–water partition coefficient (Wildman–Crippen LogP) is 9.36. The topological polar surface area (TPSA) is 113 Å². The van der Waals surface area contributed by atoms with E-state index in [4.69, 9.17) is 14.6 Å². The summed E-state index contributed by atoms with van der Waals surface area (Å²) in [5, 5.41) is 29.8. The van der Waals surface area contributed by atoms with Crippen LogP contribution in [0.25, 0.3) is 0 Å². The van der Waals surface area contributed by atoms with Gasteiger partial charge in [-0.2, -0.15) is 0 Å². The van der Waals surface area contributed by atoms with Crippen molar-refractivity contribution in [3.05, 3.63) is 115 Å². The standard InChI is InChI=1S/C36H36Br2O7/c1-20(2)25-18-32(45-36-28(37)15-23(16-29(36)38)17-34(42)43)27(19-31(25)44-4)35(24-9-5-7-21(3)13-24)26-14-22(11-12-30(26)39)8-6-10-33(40)41/h5,7,9,11-16,18-20,35,39H,6,8,10,17H2,1-4H3,(H,40,41)(H,42,43). The molecule has 4 rings (SSSR count). The molecule has 45 heavy (non-hydrogen) atoms. The van der Waals surface area contributed by atoms with Crippen molar-refractivity contribution in [1.82, 2.24) is 0 Å². The van der Waals surface area contributed by atoms with E-state index >= 15 is 0 Å². The van der Waals surface area contributed by atoms with E-state index in [1.165, 1.54) is 0 Å². The Kier molecular flexibility index (Phi) is 11.3. The first-order valence-electron chi connectivity index (χ1n) is 14.6. The number of ether oxygens (including phenoxy) is 2. The van der Waals surface area contributed by atoms with E-state index < -0.39 is 17.9 Å². The second kappa shape index (κ2) is 15.0. The molecule has 3 N–H and O–H groups in total. The number of halogens is 2. The van der Waals surface area contributed by atoms with Gasteiger partial charge in [-0.3, -0.25) is 9.59 Å². The molecule has 4 aromatic carbocycles. The lowest BCUT2D eigenvalue weighted by molar-refractivity contribution is -0.137. The fourth-order valence-electron chi connectivity index (χ4n) is 5.44. The fraction of sp³-hybridized carbons (Fsp3) is 0.278. The third kappa shape index (κ3) is 8.47. The Labute approximate surface area is 280 Å². The van der Waals surface area contributed by atoms with Gasteiger partial charge >= 0.3 is 11.9 Å². The van der Waals surface area contributed by atoms with Crippen LogP contribution < -0.4 is 9.47 Å². The first kappa shape index (κ1) is 34.1. The van der Waals surface area contributed by atoms with Gasteiger partial charge in [0.1, 0.15) is 17.2 Å². The number of carbonyl (C=O) groups is 2. The van der Waals surface area contributed by atoms with Crippen molar-refractivity contribution in [2.75, 3.05) is 7.11 Å². The Morgan fingerprint density at radius 3 is 2.11 bits per heavy atom. The third-order valence-corrected chi connectivity index (χ3v) is 8.73. The maximum absolute atomic E-state index is 11.4. The number of aryl methyl sites for hydroxylation is 2. The number of phenols is 1. The molecule has 7 nitrogen and oxygen atoms in total. The maximum Gasteiger partial charge on any atom is 0.307 e. The molecule has 0 fully saturated rings. The molecule has 0 radical (unpaired) electrons. The molecule has 0 aliphatic heterocycles. The molecule has 0 heterocycles. The summed E-state index contributed by atoms with van der Waals surface area (Å²) in [4.78, 5) is 22.5. The largest absolute Gasteiger partial charge is 0.508 e. The molecule has 0 bridgehead atoms. The Balaban J connectivity index is 1.96. The van der Waals surface area contributed by atoms with Crippen molar-refractivity contribution in [3.8, 4) is 23.0 Å². The van der Waals surface area contributed by atoms with Gasteiger partial charge in [0, 0.05) is 29.0 Å². The molecule has 0 aliphatic rings. The molecule has 0 aliphatic carbocycles. The van der Waals surface area contributed by atoms with Gasteiger partial charge in [0.05, 0.1) is 22.5 Å². The first-order valence-corrected chi connectivity index (χ1v) is 16.2. The second-order valence-corrected chi connectivity index (χ2v) is 13.0. The summed E-state index contributed by atoms with van der Waals surface area (Å²) < 4.78 is 13.7. The Bertz CT molecular complexity index is 1690. The lowest BCUT2D eigenvalue weighted by Crippen LogP contribution is -2.09. The average molecular weight is 740 g/mol.